The Labute approximate surface area is 218 Å². The maximum Gasteiger partial charge on any atom is 0.204 e. The first-order valence-electron chi connectivity index (χ1n) is 14.0. The first-order chi connectivity index (χ1) is 16.9. The first-order valence-corrected chi connectivity index (χ1v) is 14.0. The number of unbranched alkanes of at least 4 members (excludes halogenated alkanes) is 5. The van der Waals surface area contributed by atoms with Crippen LogP contribution in [-0.4, -0.2) is 38.4 Å². The number of aromatic nitrogens is 3. The molecule has 1 aromatic heterocycles. The fraction of sp³-hybridized carbons (Fsp3) is 0.667. The molecule has 0 spiro atoms. The largest absolute Gasteiger partial charge is 0.366 e. The van der Waals surface area contributed by atoms with Gasteiger partial charge in [-0.25, -0.2) is 9.98 Å². The van der Waals surface area contributed by atoms with Gasteiger partial charge in [-0.3, -0.25) is 0 Å². The summed E-state index contributed by atoms with van der Waals surface area (Å²) in [7, 11) is 0. The molecule has 0 aliphatic carbocycles. The molecule has 2 aromatic rings. The van der Waals surface area contributed by atoms with Crippen LogP contribution in [0.2, 0.25) is 0 Å². The summed E-state index contributed by atoms with van der Waals surface area (Å²) in [6.07, 6.45) is 9.10. The summed E-state index contributed by atoms with van der Waals surface area (Å²) in [5, 5.41) is 9.23. The highest BCUT2D eigenvalue weighted by molar-refractivity contribution is 6.48. The number of aryl methyl sites for hydroxylation is 1. The van der Waals surface area contributed by atoms with Gasteiger partial charge in [-0.2, -0.15) is 5.10 Å². The quantitative estimate of drug-likeness (QED) is 0.356. The van der Waals surface area contributed by atoms with E-state index in [1.807, 2.05) is 6.92 Å². The van der Waals surface area contributed by atoms with Gasteiger partial charge in [-0.05, 0) is 69.7 Å². The van der Waals surface area contributed by atoms with E-state index in [4.69, 9.17) is 9.98 Å². The second-order valence-electron chi connectivity index (χ2n) is 12.6. The van der Waals surface area contributed by atoms with E-state index >= 15 is 0 Å². The van der Waals surface area contributed by atoms with Crippen LogP contribution in [0.15, 0.2) is 22.2 Å². The zero-order chi connectivity index (χ0) is 26.3. The molecule has 1 aromatic carbocycles. The van der Waals surface area contributed by atoms with Crippen molar-refractivity contribution in [3.05, 3.63) is 34.9 Å². The lowest BCUT2D eigenvalue weighted by atomic mass is 9.79. The van der Waals surface area contributed by atoms with Gasteiger partial charge in [-0.15, -0.1) is 9.89 Å². The van der Waals surface area contributed by atoms with Gasteiger partial charge in [0.1, 0.15) is 5.71 Å². The Kier molecular flexibility index (Phi) is 7.45. The van der Waals surface area contributed by atoms with Gasteiger partial charge < -0.3 is 4.90 Å². The Balaban J connectivity index is 1.64. The molecule has 0 radical (unpaired) electrons. The van der Waals surface area contributed by atoms with E-state index < -0.39 is 0 Å². The summed E-state index contributed by atoms with van der Waals surface area (Å²) in [6.45, 7) is 21.1. The molecule has 196 valence electrons. The minimum absolute atomic E-state index is 0.130. The molecule has 6 nitrogen and oxygen atoms in total. The molecule has 3 heterocycles. The zero-order valence-corrected chi connectivity index (χ0v) is 24.1. The van der Waals surface area contributed by atoms with Crippen molar-refractivity contribution in [1.82, 2.24) is 14.9 Å². The number of aliphatic imine (C=N–C) groups is 1. The van der Waals surface area contributed by atoms with E-state index in [2.05, 4.69) is 82.6 Å². The molecule has 1 atom stereocenters. The van der Waals surface area contributed by atoms with Crippen LogP contribution in [0, 0.1) is 6.92 Å². The van der Waals surface area contributed by atoms with E-state index in [-0.39, 0.29) is 11.0 Å². The molecular formula is C30H46N6. The van der Waals surface area contributed by atoms with E-state index in [0.29, 0.717) is 5.92 Å². The predicted molar refractivity (Wildman–Crippen MR) is 152 cm³/mol. The Morgan fingerprint density at radius 2 is 1.75 bits per heavy atom. The average Bonchev–Trinajstić information content (AvgIpc) is 3.31. The highest BCUT2D eigenvalue weighted by atomic mass is 15.6. The van der Waals surface area contributed by atoms with Crippen molar-refractivity contribution in [3.8, 4) is 0 Å². The van der Waals surface area contributed by atoms with Crippen LogP contribution in [-0.2, 0) is 5.41 Å². The van der Waals surface area contributed by atoms with Gasteiger partial charge in [0.05, 0.1) is 11.4 Å². The highest BCUT2D eigenvalue weighted by Gasteiger charge is 2.36. The minimum Gasteiger partial charge on any atom is -0.366 e. The molecular weight excluding hydrogens is 444 g/mol. The third-order valence-electron chi connectivity index (χ3n) is 7.73. The third kappa shape index (κ3) is 5.28. The average molecular weight is 491 g/mol. The molecule has 2 aliphatic rings. The van der Waals surface area contributed by atoms with Gasteiger partial charge in [0, 0.05) is 23.2 Å². The van der Waals surface area contributed by atoms with Crippen molar-refractivity contribution in [2.24, 2.45) is 10.1 Å². The monoisotopic (exact) mass is 490 g/mol. The zero-order valence-electron chi connectivity index (χ0n) is 24.1. The lowest BCUT2D eigenvalue weighted by molar-refractivity contribution is 0.372. The van der Waals surface area contributed by atoms with Gasteiger partial charge in [0.15, 0.2) is 5.82 Å². The molecule has 2 aliphatic heterocycles. The van der Waals surface area contributed by atoms with Crippen LogP contribution in [0.1, 0.15) is 129 Å². The number of nitrogens with zero attached hydrogens (tertiary/aromatic N) is 6. The topological polar surface area (TPSA) is 58.7 Å². The number of fused-ring (bicyclic) bond motifs is 2. The van der Waals surface area contributed by atoms with Gasteiger partial charge in [-0.1, -0.05) is 66.7 Å². The molecule has 0 amide bonds. The number of anilines is 1. The van der Waals surface area contributed by atoms with Crippen molar-refractivity contribution in [3.63, 3.8) is 0 Å². The smallest absolute Gasteiger partial charge is 0.204 e. The van der Waals surface area contributed by atoms with Gasteiger partial charge in [0.2, 0.25) is 5.82 Å². The summed E-state index contributed by atoms with van der Waals surface area (Å²) >= 11 is 0. The summed E-state index contributed by atoms with van der Waals surface area (Å²) in [5.74, 6) is 2.03. The maximum atomic E-state index is 5.13. The first kappa shape index (κ1) is 26.6. The highest BCUT2D eigenvalue weighted by Crippen LogP contribution is 2.46. The fourth-order valence-electron chi connectivity index (χ4n) is 5.66. The molecule has 4 rings (SSSR count). The van der Waals surface area contributed by atoms with Crippen LogP contribution in [0.5, 0.6) is 0 Å². The van der Waals surface area contributed by atoms with Crippen LogP contribution < -0.4 is 4.90 Å². The third-order valence-corrected chi connectivity index (χ3v) is 7.73. The molecule has 1 unspecified atom stereocenters. The molecule has 0 saturated carbocycles. The van der Waals surface area contributed by atoms with Crippen LogP contribution in [0.3, 0.4) is 0 Å². The van der Waals surface area contributed by atoms with E-state index in [0.717, 1.165) is 41.7 Å². The van der Waals surface area contributed by atoms with Crippen molar-refractivity contribution in [1.29, 1.82) is 0 Å². The molecule has 0 fully saturated rings. The maximum absolute atomic E-state index is 5.13. The van der Waals surface area contributed by atoms with Crippen molar-refractivity contribution >= 4 is 22.8 Å². The Hall–Kier alpha value is -2.50. The number of hydrogen-bond donors (Lipinski definition) is 0. The molecule has 36 heavy (non-hydrogen) atoms. The SMILES string of the molecule is CCCCCCCCN1c2cc(C)c(/N=C3/C(C)=Nn4nc(C(C)(C)C)nc43)cc2C(C)CC1(C)C. The summed E-state index contributed by atoms with van der Waals surface area (Å²) < 4.78 is 0. The summed E-state index contributed by atoms with van der Waals surface area (Å²) in [6, 6.07) is 4.69. The second-order valence-corrected chi connectivity index (χ2v) is 12.6. The van der Waals surface area contributed by atoms with Crippen LogP contribution >= 0.6 is 0 Å². The predicted octanol–water partition coefficient (Wildman–Crippen LogP) is 7.70. The molecule has 6 heteroatoms. The Bertz CT molecular complexity index is 1160. The number of hydrogen-bond acceptors (Lipinski definition) is 5. The van der Waals surface area contributed by atoms with Gasteiger partial charge >= 0.3 is 0 Å². The molecule has 0 N–H and O–H groups in total. The van der Waals surface area contributed by atoms with E-state index in [9.17, 15) is 0 Å². The Morgan fingerprint density at radius 1 is 1.06 bits per heavy atom. The number of rotatable bonds is 8. The van der Waals surface area contributed by atoms with Crippen molar-refractivity contribution in [2.45, 2.75) is 124 Å². The lowest BCUT2D eigenvalue weighted by Gasteiger charge is -2.48. The number of benzene rings is 1. The van der Waals surface area contributed by atoms with Crippen molar-refractivity contribution in [2.75, 3.05) is 11.4 Å². The van der Waals surface area contributed by atoms with Gasteiger partial charge in [0.25, 0.3) is 0 Å². The van der Waals surface area contributed by atoms with Crippen LogP contribution in [0.4, 0.5) is 11.4 Å². The summed E-state index contributed by atoms with van der Waals surface area (Å²) in [4.78, 5) is 14.3. The minimum atomic E-state index is -0.130. The second kappa shape index (κ2) is 10.1. The normalized spacial score (nSPS) is 20.0. The lowest BCUT2D eigenvalue weighted by Crippen LogP contribution is -2.48. The molecule has 0 bridgehead atoms. The summed E-state index contributed by atoms with van der Waals surface area (Å²) in [5.41, 5.74) is 6.73. The van der Waals surface area contributed by atoms with Crippen LogP contribution in [0.25, 0.3) is 0 Å². The molecule has 0 saturated heterocycles. The van der Waals surface area contributed by atoms with E-state index in [1.165, 1.54) is 55.3 Å². The fourth-order valence-corrected chi connectivity index (χ4v) is 5.66. The van der Waals surface area contributed by atoms with Crippen molar-refractivity contribution < 1.29 is 0 Å². The van der Waals surface area contributed by atoms with E-state index in [1.54, 1.807) is 4.79 Å². The standard InChI is InChI=1S/C30H46N6/c1-10-11-12-13-14-15-16-35-25-17-20(2)24(18-23(25)21(3)19-30(35,8)9)31-26-22(4)33-36-27(26)32-28(34-36)29(5,6)7/h17-18,21H,10-16,19H2,1-9H3/b31-26-. The Morgan fingerprint density at radius 3 is 2.44 bits per heavy atom.